The summed E-state index contributed by atoms with van der Waals surface area (Å²) < 4.78 is 5.81. The van der Waals surface area contributed by atoms with Gasteiger partial charge in [-0.1, -0.05) is 31.3 Å². The number of amides is 2. The van der Waals surface area contributed by atoms with Gasteiger partial charge in [-0.2, -0.15) is 0 Å². The monoisotopic (exact) mass is 390 g/mol. The van der Waals surface area contributed by atoms with E-state index in [1.54, 1.807) is 6.20 Å². The van der Waals surface area contributed by atoms with E-state index in [1.807, 2.05) is 32.0 Å². The van der Waals surface area contributed by atoms with Crippen molar-refractivity contribution in [1.82, 2.24) is 4.98 Å². The molecular formula is C18H26N6O2S. The topological polar surface area (TPSA) is 128 Å². The Bertz CT molecular complexity index is 814. The number of hydrogen-bond acceptors (Lipinski definition) is 5. The molecule has 2 aromatic rings. The van der Waals surface area contributed by atoms with Crippen LogP contribution in [0.3, 0.4) is 0 Å². The second kappa shape index (κ2) is 9.22. The van der Waals surface area contributed by atoms with Gasteiger partial charge in [0.05, 0.1) is 23.2 Å². The van der Waals surface area contributed by atoms with E-state index in [0.29, 0.717) is 29.1 Å². The number of carbonyl (C=O) groups is 1. The van der Waals surface area contributed by atoms with Crippen molar-refractivity contribution in [3.63, 3.8) is 0 Å². The molecule has 27 heavy (non-hydrogen) atoms. The highest BCUT2D eigenvalue weighted by molar-refractivity contribution is 7.15. The smallest absolute Gasteiger partial charge is 0.325 e. The molecule has 2 amide bonds. The van der Waals surface area contributed by atoms with Gasteiger partial charge in [-0.15, -0.1) is 0 Å². The summed E-state index contributed by atoms with van der Waals surface area (Å²) in [5.41, 5.74) is 12.4. The highest BCUT2D eigenvalue weighted by Crippen LogP contribution is 2.28. The van der Waals surface area contributed by atoms with Gasteiger partial charge in [0.15, 0.2) is 11.1 Å². The summed E-state index contributed by atoms with van der Waals surface area (Å²) in [5, 5.41) is 5.98. The van der Waals surface area contributed by atoms with Crippen molar-refractivity contribution in [2.45, 2.75) is 33.7 Å². The van der Waals surface area contributed by atoms with E-state index in [4.69, 9.17) is 16.2 Å². The van der Waals surface area contributed by atoms with Gasteiger partial charge in [0, 0.05) is 6.20 Å². The molecule has 0 spiro atoms. The van der Waals surface area contributed by atoms with Gasteiger partial charge < -0.3 is 21.5 Å². The Morgan fingerprint density at radius 3 is 2.70 bits per heavy atom. The molecule has 0 aliphatic heterocycles. The summed E-state index contributed by atoms with van der Waals surface area (Å²) in [6.45, 7) is 8.53. The Morgan fingerprint density at radius 1 is 1.30 bits per heavy atom. The quantitative estimate of drug-likeness (QED) is 0.425. The number of rotatable bonds is 7. The number of nitrogens with zero attached hydrogens (tertiary/aromatic N) is 2. The summed E-state index contributed by atoms with van der Waals surface area (Å²) in [6, 6.07) is 5.01. The second-order valence-corrected chi connectivity index (χ2v) is 7.64. The molecule has 0 saturated carbocycles. The highest BCUT2D eigenvalue weighted by atomic mass is 32.1. The normalized spacial score (nSPS) is 11.7. The zero-order valence-electron chi connectivity index (χ0n) is 15.9. The number of thiazole rings is 1. The first-order valence-corrected chi connectivity index (χ1v) is 9.42. The first-order chi connectivity index (χ1) is 12.7. The number of aryl methyl sites for hydroxylation is 1. The van der Waals surface area contributed by atoms with Crippen molar-refractivity contribution in [2.24, 2.45) is 22.4 Å². The molecule has 0 bridgehead atoms. The lowest BCUT2D eigenvalue weighted by Gasteiger charge is -2.14. The molecule has 146 valence electrons. The molecule has 0 aliphatic rings. The van der Waals surface area contributed by atoms with Crippen LogP contribution in [0.15, 0.2) is 29.4 Å². The molecule has 1 aromatic carbocycles. The number of guanidine groups is 1. The van der Waals surface area contributed by atoms with Crippen LogP contribution in [0.25, 0.3) is 0 Å². The molecule has 1 atom stereocenters. The van der Waals surface area contributed by atoms with Crippen LogP contribution in [0.4, 0.5) is 15.6 Å². The number of urea groups is 1. The van der Waals surface area contributed by atoms with Gasteiger partial charge in [0.1, 0.15) is 5.75 Å². The molecule has 0 fully saturated rings. The summed E-state index contributed by atoms with van der Waals surface area (Å²) >= 11 is 1.31. The molecule has 6 N–H and O–H groups in total. The van der Waals surface area contributed by atoms with E-state index in [1.165, 1.54) is 11.3 Å². The van der Waals surface area contributed by atoms with Gasteiger partial charge in [-0.3, -0.25) is 5.32 Å². The Balaban J connectivity index is 2.04. The molecule has 0 radical (unpaired) electrons. The molecule has 1 heterocycles. The number of benzene rings is 1. The molecule has 8 nitrogen and oxygen atoms in total. The average molecular weight is 391 g/mol. The van der Waals surface area contributed by atoms with Crippen LogP contribution in [0.2, 0.25) is 0 Å². The number of carbonyl (C=O) groups excluding carboxylic acids is 1. The SMILES string of the molecule is Cc1ccc(NC(=O)Nc2ncc(C(C)N=C(N)N)s2)c(OCC(C)C)c1. The summed E-state index contributed by atoms with van der Waals surface area (Å²) in [6.07, 6.45) is 1.64. The van der Waals surface area contributed by atoms with E-state index >= 15 is 0 Å². The Morgan fingerprint density at radius 2 is 2.04 bits per heavy atom. The zero-order chi connectivity index (χ0) is 20.0. The minimum absolute atomic E-state index is 0.0106. The maximum absolute atomic E-state index is 12.3. The molecule has 1 unspecified atom stereocenters. The molecule has 2 rings (SSSR count). The second-order valence-electron chi connectivity index (χ2n) is 6.58. The Kier molecular flexibility index (Phi) is 7.00. The molecule has 9 heteroatoms. The number of aliphatic imine (C=N–C) groups is 1. The number of nitrogens with one attached hydrogen (secondary N) is 2. The van der Waals surface area contributed by atoms with Crippen LogP contribution in [0, 0.1) is 12.8 Å². The third kappa shape index (κ3) is 6.45. The first kappa shape index (κ1) is 20.5. The number of aromatic nitrogens is 1. The fourth-order valence-corrected chi connectivity index (χ4v) is 2.99. The lowest BCUT2D eigenvalue weighted by Crippen LogP contribution is -2.23. The predicted octanol–water partition coefficient (Wildman–Crippen LogP) is 3.46. The minimum atomic E-state index is -0.399. The van der Waals surface area contributed by atoms with Crippen LogP contribution < -0.4 is 26.8 Å². The van der Waals surface area contributed by atoms with Crippen LogP contribution in [0.1, 0.15) is 37.3 Å². The highest BCUT2D eigenvalue weighted by Gasteiger charge is 2.13. The maximum Gasteiger partial charge on any atom is 0.325 e. The van der Waals surface area contributed by atoms with Crippen LogP contribution in [-0.4, -0.2) is 23.6 Å². The van der Waals surface area contributed by atoms with Gasteiger partial charge in [-0.25, -0.2) is 14.8 Å². The molecule has 1 aromatic heterocycles. The van der Waals surface area contributed by atoms with Gasteiger partial charge in [0.25, 0.3) is 0 Å². The average Bonchev–Trinajstić information content (AvgIpc) is 3.03. The van der Waals surface area contributed by atoms with Crippen molar-refractivity contribution in [1.29, 1.82) is 0 Å². The Hall–Kier alpha value is -2.81. The summed E-state index contributed by atoms with van der Waals surface area (Å²) in [7, 11) is 0. The first-order valence-electron chi connectivity index (χ1n) is 8.60. The maximum atomic E-state index is 12.3. The van der Waals surface area contributed by atoms with E-state index in [0.717, 1.165) is 10.4 Å². The number of hydrogen-bond donors (Lipinski definition) is 4. The fraction of sp³-hybridized carbons (Fsp3) is 0.389. The lowest BCUT2D eigenvalue weighted by atomic mass is 10.2. The van der Waals surface area contributed by atoms with Crippen LogP contribution in [0.5, 0.6) is 5.75 Å². The zero-order valence-corrected chi connectivity index (χ0v) is 16.8. The fourth-order valence-electron chi connectivity index (χ4n) is 2.18. The Labute approximate surface area is 163 Å². The third-order valence-corrected chi connectivity index (χ3v) is 4.54. The van der Waals surface area contributed by atoms with Crippen molar-refractivity contribution in [3.8, 4) is 5.75 Å². The van der Waals surface area contributed by atoms with Crippen LogP contribution in [-0.2, 0) is 0 Å². The standard InChI is InChI=1S/C18H26N6O2S/c1-10(2)9-26-14-7-11(3)5-6-13(14)23-17(25)24-18-21-8-15(27-18)12(4)22-16(19)20/h5-8,10,12H,9H2,1-4H3,(H4,19,20,22)(H2,21,23,24,25). The summed E-state index contributed by atoms with van der Waals surface area (Å²) in [5.74, 6) is 1.03. The number of nitrogens with two attached hydrogens (primary N) is 2. The van der Waals surface area contributed by atoms with Crippen molar-refractivity contribution in [2.75, 3.05) is 17.2 Å². The van der Waals surface area contributed by atoms with E-state index in [9.17, 15) is 4.79 Å². The molecule has 0 saturated heterocycles. The summed E-state index contributed by atoms with van der Waals surface area (Å²) in [4.78, 5) is 21.4. The predicted molar refractivity (Wildman–Crippen MR) is 110 cm³/mol. The van der Waals surface area contributed by atoms with Crippen molar-refractivity contribution >= 4 is 34.1 Å². The lowest BCUT2D eigenvalue weighted by molar-refractivity contribution is 0.260. The largest absolute Gasteiger partial charge is 0.491 e. The van der Waals surface area contributed by atoms with Gasteiger partial charge >= 0.3 is 6.03 Å². The van der Waals surface area contributed by atoms with Gasteiger partial charge in [0.2, 0.25) is 0 Å². The van der Waals surface area contributed by atoms with Crippen molar-refractivity contribution < 1.29 is 9.53 Å². The van der Waals surface area contributed by atoms with Gasteiger partial charge in [-0.05, 0) is 37.5 Å². The van der Waals surface area contributed by atoms with E-state index in [-0.39, 0.29) is 12.0 Å². The third-order valence-electron chi connectivity index (χ3n) is 3.46. The van der Waals surface area contributed by atoms with Crippen LogP contribution >= 0.6 is 11.3 Å². The van der Waals surface area contributed by atoms with E-state index < -0.39 is 6.03 Å². The number of ether oxygens (including phenoxy) is 1. The molecular weight excluding hydrogens is 364 g/mol. The number of anilines is 2. The molecule has 0 aliphatic carbocycles. The van der Waals surface area contributed by atoms with E-state index in [2.05, 4.69) is 34.5 Å². The minimum Gasteiger partial charge on any atom is -0.491 e. The van der Waals surface area contributed by atoms with Crippen molar-refractivity contribution in [3.05, 3.63) is 34.8 Å².